The summed E-state index contributed by atoms with van der Waals surface area (Å²) in [6.07, 6.45) is 3.73. The lowest BCUT2D eigenvalue weighted by Crippen LogP contribution is -2.59. The molecule has 3 aromatic rings. The van der Waals surface area contributed by atoms with Gasteiger partial charge in [-0.2, -0.15) is 0 Å². The SMILES string of the molecule is O=C(NC1(C(=O)O)CCC1)c1cc2c(nc3sccn32)s1. The first-order valence-corrected chi connectivity index (χ1v) is 8.20. The lowest BCUT2D eigenvalue weighted by atomic mass is 9.77. The number of thiophene rings is 1. The van der Waals surface area contributed by atoms with Gasteiger partial charge in [-0.25, -0.2) is 9.78 Å². The molecule has 1 aliphatic carbocycles. The first-order chi connectivity index (χ1) is 10.1. The number of imidazole rings is 1. The minimum atomic E-state index is -1.08. The van der Waals surface area contributed by atoms with Crippen LogP contribution in [-0.4, -0.2) is 31.9 Å². The number of nitrogens with zero attached hydrogens (tertiary/aromatic N) is 2. The number of aliphatic carboxylic acids is 1. The number of rotatable bonds is 3. The quantitative estimate of drug-likeness (QED) is 0.775. The van der Waals surface area contributed by atoms with Crippen LogP contribution < -0.4 is 5.32 Å². The van der Waals surface area contributed by atoms with Crippen LogP contribution in [0.15, 0.2) is 17.6 Å². The molecule has 21 heavy (non-hydrogen) atoms. The fraction of sp³-hybridized carbons (Fsp3) is 0.308. The van der Waals surface area contributed by atoms with Gasteiger partial charge in [0.15, 0.2) is 4.96 Å². The van der Waals surface area contributed by atoms with E-state index in [2.05, 4.69) is 10.3 Å². The average Bonchev–Trinajstić information content (AvgIpc) is 3.03. The number of carboxylic acid groups (broad SMARTS) is 1. The zero-order valence-corrected chi connectivity index (χ0v) is 12.5. The van der Waals surface area contributed by atoms with Crippen LogP contribution in [0.2, 0.25) is 0 Å². The van der Waals surface area contributed by atoms with Crippen LogP contribution in [0, 0.1) is 0 Å². The highest BCUT2D eigenvalue weighted by Gasteiger charge is 2.46. The second-order valence-electron chi connectivity index (χ2n) is 5.16. The van der Waals surface area contributed by atoms with Gasteiger partial charge in [-0.05, 0) is 25.3 Å². The molecule has 0 unspecified atom stereocenters. The molecule has 1 amide bonds. The Hall–Kier alpha value is -1.93. The van der Waals surface area contributed by atoms with E-state index in [-0.39, 0.29) is 5.91 Å². The van der Waals surface area contributed by atoms with E-state index < -0.39 is 11.5 Å². The van der Waals surface area contributed by atoms with E-state index in [1.165, 1.54) is 22.7 Å². The zero-order valence-electron chi connectivity index (χ0n) is 10.8. The summed E-state index contributed by atoms with van der Waals surface area (Å²) >= 11 is 2.83. The van der Waals surface area contributed by atoms with Crippen LogP contribution in [0.1, 0.15) is 28.9 Å². The number of carbonyl (C=O) groups is 2. The molecular weight excluding hydrogens is 310 g/mol. The van der Waals surface area contributed by atoms with Crippen molar-refractivity contribution in [2.24, 2.45) is 0 Å². The Kier molecular flexibility index (Phi) is 2.61. The molecule has 0 spiro atoms. The fourth-order valence-electron chi connectivity index (χ4n) is 2.56. The van der Waals surface area contributed by atoms with Crippen LogP contribution in [0.4, 0.5) is 0 Å². The molecule has 1 fully saturated rings. The molecular formula is C13H11N3O3S2. The molecule has 3 heterocycles. The monoisotopic (exact) mass is 321 g/mol. The first-order valence-electron chi connectivity index (χ1n) is 6.50. The van der Waals surface area contributed by atoms with E-state index in [0.29, 0.717) is 17.7 Å². The predicted molar refractivity (Wildman–Crippen MR) is 80.1 cm³/mol. The number of aromatic nitrogens is 2. The summed E-state index contributed by atoms with van der Waals surface area (Å²) < 4.78 is 1.93. The number of thiazole rings is 1. The summed E-state index contributed by atoms with van der Waals surface area (Å²) in [5, 5.41) is 13.9. The molecule has 0 aliphatic heterocycles. The van der Waals surface area contributed by atoms with Gasteiger partial charge in [0.25, 0.3) is 5.91 Å². The lowest BCUT2D eigenvalue weighted by molar-refractivity contribution is -0.148. The van der Waals surface area contributed by atoms with Crippen molar-refractivity contribution >= 4 is 49.9 Å². The zero-order chi connectivity index (χ0) is 14.6. The van der Waals surface area contributed by atoms with Crippen molar-refractivity contribution in [3.63, 3.8) is 0 Å². The van der Waals surface area contributed by atoms with Crippen LogP contribution >= 0.6 is 22.7 Å². The van der Waals surface area contributed by atoms with Gasteiger partial charge in [0.1, 0.15) is 10.4 Å². The van der Waals surface area contributed by atoms with Crippen LogP contribution in [0.3, 0.4) is 0 Å². The van der Waals surface area contributed by atoms with Gasteiger partial charge >= 0.3 is 5.97 Å². The van der Waals surface area contributed by atoms with Gasteiger partial charge in [-0.3, -0.25) is 9.20 Å². The third-order valence-corrected chi connectivity index (χ3v) is 5.71. The van der Waals surface area contributed by atoms with Crippen molar-refractivity contribution < 1.29 is 14.7 Å². The topological polar surface area (TPSA) is 83.7 Å². The molecule has 6 nitrogen and oxygen atoms in total. The van der Waals surface area contributed by atoms with Crippen molar-refractivity contribution in [1.29, 1.82) is 0 Å². The normalized spacial score (nSPS) is 17.0. The fourth-order valence-corrected chi connectivity index (χ4v) is 4.26. The van der Waals surface area contributed by atoms with E-state index in [1.807, 2.05) is 16.0 Å². The largest absolute Gasteiger partial charge is 0.480 e. The standard InChI is InChI=1S/C13H11N3O3S2/c17-9(15-13(11(18)19)2-1-3-13)8-6-7-10(21-8)14-12-16(7)4-5-20-12/h4-6H,1-3H2,(H,15,17)(H,18,19). The Balaban J connectivity index is 1.67. The second kappa shape index (κ2) is 4.28. The summed E-state index contributed by atoms with van der Waals surface area (Å²) in [7, 11) is 0. The summed E-state index contributed by atoms with van der Waals surface area (Å²) in [6.45, 7) is 0. The van der Waals surface area contributed by atoms with Gasteiger partial charge in [0.05, 0.1) is 10.4 Å². The van der Waals surface area contributed by atoms with E-state index in [1.54, 1.807) is 6.07 Å². The maximum atomic E-state index is 12.3. The first kappa shape index (κ1) is 12.8. The van der Waals surface area contributed by atoms with E-state index in [4.69, 9.17) is 0 Å². The summed E-state index contributed by atoms with van der Waals surface area (Å²) in [5.74, 6) is -1.28. The smallest absolute Gasteiger partial charge is 0.329 e. The molecule has 1 saturated carbocycles. The maximum absolute atomic E-state index is 12.3. The van der Waals surface area contributed by atoms with Gasteiger partial charge in [0, 0.05) is 11.6 Å². The molecule has 4 rings (SSSR count). The van der Waals surface area contributed by atoms with E-state index in [0.717, 1.165) is 21.7 Å². The van der Waals surface area contributed by atoms with Crippen LogP contribution in [0.5, 0.6) is 0 Å². The van der Waals surface area contributed by atoms with Crippen molar-refractivity contribution in [3.8, 4) is 0 Å². The van der Waals surface area contributed by atoms with Crippen molar-refractivity contribution in [1.82, 2.24) is 14.7 Å². The number of nitrogens with one attached hydrogen (secondary N) is 1. The van der Waals surface area contributed by atoms with E-state index in [9.17, 15) is 14.7 Å². The lowest BCUT2D eigenvalue weighted by Gasteiger charge is -2.38. The molecule has 108 valence electrons. The predicted octanol–water partition coefficient (Wildman–Crippen LogP) is 2.35. The summed E-state index contributed by atoms with van der Waals surface area (Å²) in [5.41, 5.74) is -0.192. The Morgan fingerprint density at radius 3 is 2.90 bits per heavy atom. The van der Waals surface area contributed by atoms with Gasteiger partial charge in [0.2, 0.25) is 0 Å². The molecule has 8 heteroatoms. The number of carbonyl (C=O) groups excluding carboxylic acids is 1. The molecule has 0 atom stereocenters. The highest BCUT2D eigenvalue weighted by atomic mass is 32.1. The minimum absolute atomic E-state index is 0.330. The third kappa shape index (κ3) is 1.79. The number of hydrogen-bond acceptors (Lipinski definition) is 5. The van der Waals surface area contributed by atoms with Crippen molar-refractivity contribution in [2.45, 2.75) is 24.8 Å². The van der Waals surface area contributed by atoms with Gasteiger partial charge < -0.3 is 10.4 Å². The Morgan fingerprint density at radius 2 is 2.24 bits per heavy atom. The summed E-state index contributed by atoms with van der Waals surface area (Å²) in [4.78, 5) is 30.2. The number of hydrogen-bond donors (Lipinski definition) is 2. The van der Waals surface area contributed by atoms with Crippen molar-refractivity contribution in [2.75, 3.05) is 0 Å². The number of fused-ring (bicyclic) bond motifs is 3. The molecule has 2 N–H and O–H groups in total. The summed E-state index contributed by atoms with van der Waals surface area (Å²) in [6, 6.07) is 1.77. The molecule has 1 aliphatic rings. The molecule has 3 aromatic heterocycles. The number of carboxylic acids is 1. The second-order valence-corrected chi connectivity index (χ2v) is 7.07. The van der Waals surface area contributed by atoms with E-state index >= 15 is 0 Å². The highest BCUT2D eigenvalue weighted by molar-refractivity contribution is 7.21. The molecule has 0 bridgehead atoms. The Labute approximate surface area is 127 Å². The maximum Gasteiger partial charge on any atom is 0.329 e. The van der Waals surface area contributed by atoms with Crippen molar-refractivity contribution in [3.05, 3.63) is 22.5 Å². The Bertz CT molecular complexity index is 872. The minimum Gasteiger partial charge on any atom is -0.480 e. The van der Waals surface area contributed by atoms with Gasteiger partial charge in [-0.15, -0.1) is 22.7 Å². The van der Waals surface area contributed by atoms with Gasteiger partial charge in [-0.1, -0.05) is 0 Å². The molecule has 0 radical (unpaired) electrons. The Morgan fingerprint density at radius 1 is 1.43 bits per heavy atom. The number of amides is 1. The molecule has 0 saturated heterocycles. The third-order valence-electron chi connectivity index (χ3n) is 3.93. The highest BCUT2D eigenvalue weighted by Crippen LogP contribution is 2.34. The van der Waals surface area contributed by atoms with Crippen LogP contribution in [-0.2, 0) is 4.79 Å². The average molecular weight is 321 g/mol. The van der Waals surface area contributed by atoms with Crippen LogP contribution in [0.25, 0.3) is 15.3 Å². The molecule has 0 aromatic carbocycles.